The lowest BCUT2D eigenvalue weighted by atomic mass is 10.0. The Morgan fingerprint density at radius 2 is 2.00 bits per heavy atom. The van der Waals surface area contributed by atoms with E-state index in [0.29, 0.717) is 5.75 Å². The standard InChI is InChI=1S/C14H17F3N2O2/c1-21-11-5-2-10(3-6-11)4-7-12(14(15,16)17)19-9-8-13(20)18-19/h2-3,5-6,12H,4,7-9H2,1H3,(H,18,20)/t12-/m0/s1. The number of carbonyl (C=O) groups excluding carboxylic acids is 1. The number of rotatable bonds is 5. The Bertz CT molecular complexity index is 488. The number of nitrogens with one attached hydrogen (secondary N) is 1. The minimum Gasteiger partial charge on any atom is -0.497 e. The van der Waals surface area contributed by atoms with Crippen LogP contribution in [0.3, 0.4) is 0 Å². The molecule has 1 heterocycles. The lowest BCUT2D eigenvalue weighted by molar-refractivity contribution is -0.189. The molecular weight excluding hydrogens is 285 g/mol. The summed E-state index contributed by atoms with van der Waals surface area (Å²) in [6, 6.07) is 5.26. The van der Waals surface area contributed by atoms with Gasteiger partial charge >= 0.3 is 6.18 Å². The van der Waals surface area contributed by atoms with Gasteiger partial charge in [-0.3, -0.25) is 10.2 Å². The van der Waals surface area contributed by atoms with E-state index in [2.05, 4.69) is 5.43 Å². The topological polar surface area (TPSA) is 41.6 Å². The molecule has 0 unspecified atom stereocenters. The number of halogens is 3. The van der Waals surface area contributed by atoms with Gasteiger partial charge in [0.05, 0.1) is 7.11 Å². The van der Waals surface area contributed by atoms with Gasteiger partial charge in [-0.05, 0) is 30.5 Å². The normalized spacial score (nSPS) is 17.6. The molecule has 0 aliphatic carbocycles. The summed E-state index contributed by atoms with van der Waals surface area (Å²) in [6.07, 6.45) is -4.09. The van der Waals surface area contributed by atoms with Crippen molar-refractivity contribution in [3.05, 3.63) is 29.8 Å². The monoisotopic (exact) mass is 302 g/mol. The fourth-order valence-corrected chi connectivity index (χ4v) is 2.32. The third-order valence-corrected chi connectivity index (χ3v) is 3.47. The zero-order valence-electron chi connectivity index (χ0n) is 11.6. The second-order valence-electron chi connectivity index (χ2n) is 4.92. The molecule has 0 bridgehead atoms. The van der Waals surface area contributed by atoms with E-state index in [1.807, 2.05) is 0 Å². The van der Waals surface area contributed by atoms with Crippen molar-refractivity contribution >= 4 is 5.91 Å². The van der Waals surface area contributed by atoms with Crippen molar-refractivity contribution in [3.63, 3.8) is 0 Å². The summed E-state index contributed by atoms with van der Waals surface area (Å²) in [5.74, 6) is 0.298. The Hall–Kier alpha value is -1.76. The first-order chi connectivity index (χ1) is 9.90. The van der Waals surface area contributed by atoms with Gasteiger partial charge in [-0.1, -0.05) is 12.1 Å². The third-order valence-electron chi connectivity index (χ3n) is 3.47. The summed E-state index contributed by atoms with van der Waals surface area (Å²) < 4.78 is 44.3. The van der Waals surface area contributed by atoms with Gasteiger partial charge in [0.2, 0.25) is 5.91 Å². The molecule has 21 heavy (non-hydrogen) atoms. The largest absolute Gasteiger partial charge is 0.497 e. The highest BCUT2D eigenvalue weighted by Crippen LogP contribution is 2.29. The zero-order chi connectivity index (χ0) is 15.5. The number of hydrogen-bond acceptors (Lipinski definition) is 3. The summed E-state index contributed by atoms with van der Waals surface area (Å²) in [5.41, 5.74) is 3.07. The average molecular weight is 302 g/mol. The molecule has 1 aliphatic rings. The van der Waals surface area contributed by atoms with Gasteiger partial charge in [-0.15, -0.1) is 0 Å². The molecule has 0 radical (unpaired) electrons. The first kappa shape index (κ1) is 15.6. The van der Waals surface area contributed by atoms with Crippen molar-refractivity contribution in [2.24, 2.45) is 0 Å². The predicted molar refractivity (Wildman–Crippen MR) is 70.6 cm³/mol. The van der Waals surface area contributed by atoms with E-state index in [1.165, 1.54) is 7.11 Å². The number of alkyl halides is 3. The number of aryl methyl sites for hydroxylation is 1. The maximum Gasteiger partial charge on any atom is 0.405 e. The van der Waals surface area contributed by atoms with E-state index in [-0.39, 0.29) is 31.7 Å². The van der Waals surface area contributed by atoms with Crippen molar-refractivity contribution in [1.82, 2.24) is 10.4 Å². The highest BCUT2D eigenvalue weighted by molar-refractivity contribution is 5.77. The van der Waals surface area contributed by atoms with Gasteiger partial charge in [0.1, 0.15) is 11.8 Å². The highest BCUT2D eigenvalue weighted by Gasteiger charge is 2.45. The van der Waals surface area contributed by atoms with Crippen molar-refractivity contribution in [3.8, 4) is 5.75 Å². The summed E-state index contributed by atoms with van der Waals surface area (Å²) in [4.78, 5) is 11.1. The van der Waals surface area contributed by atoms with Crippen molar-refractivity contribution < 1.29 is 22.7 Å². The molecule has 2 rings (SSSR count). The lowest BCUT2D eigenvalue weighted by Crippen LogP contribution is -2.50. The van der Waals surface area contributed by atoms with Crippen LogP contribution in [0.2, 0.25) is 0 Å². The molecule has 1 atom stereocenters. The second kappa shape index (κ2) is 6.34. The van der Waals surface area contributed by atoms with E-state index in [1.54, 1.807) is 24.3 Å². The molecular formula is C14H17F3N2O2. The first-order valence-corrected chi connectivity index (χ1v) is 6.66. The number of hydrogen-bond donors (Lipinski definition) is 1. The molecule has 1 aliphatic heterocycles. The second-order valence-corrected chi connectivity index (χ2v) is 4.92. The van der Waals surface area contributed by atoms with E-state index in [0.717, 1.165) is 10.6 Å². The minimum absolute atomic E-state index is 0.0889. The van der Waals surface area contributed by atoms with E-state index in [4.69, 9.17) is 4.74 Å². The lowest BCUT2D eigenvalue weighted by Gasteiger charge is -2.28. The van der Waals surface area contributed by atoms with Gasteiger partial charge < -0.3 is 4.74 Å². The Labute approximate surface area is 120 Å². The van der Waals surface area contributed by atoms with Crippen LogP contribution in [0.5, 0.6) is 5.75 Å². The number of nitrogens with zero attached hydrogens (tertiary/aromatic N) is 1. The van der Waals surface area contributed by atoms with Crippen molar-refractivity contribution in [2.75, 3.05) is 13.7 Å². The molecule has 0 spiro atoms. The maximum atomic E-state index is 13.1. The van der Waals surface area contributed by atoms with Crippen LogP contribution < -0.4 is 10.2 Å². The van der Waals surface area contributed by atoms with Crippen LogP contribution >= 0.6 is 0 Å². The molecule has 1 aromatic carbocycles. The Balaban J connectivity index is 2.00. The van der Waals surface area contributed by atoms with Gasteiger partial charge in [0.25, 0.3) is 0 Å². The number of amides is 1. The van der Waals surface area contributed by atoms with Crippen LogP contribution in [-0.4, -0.2) is 36.8 Å². The molecule has 116 valence electrons. The zero-order valence-corrected chi connectivity index (χ0v) is 11.6. The quantitative estimate of drug-likeness (QED) is 0.907. The van der Waals surface area contributed by atoms with Crippen LogP contribution in [-0.2, 0) is 11.2 Å². The summed E-state index contributed by atoms with van der Waals surface area (Å²) in [5, 5.41) is 0.992. The maximum absolute atomic E-state index is 13.1. The van der Waals surface area contributed by atoms with Crippen LogP contribution in [0.1, 0.15) is 18.4 Å². The van der Waals surface area contributed by atoms with Crippen LogP contribution in [0.15, 0.2) is 24.3 Å². The van der Waals surface area contributed by atoms with Crippen molar-refractivity contribution in [2.45, 2.75) is 31.5 Å². The minimum atomic E-state index is -4.37. The summed E-state index contributed by atoms with van der Waals surface area (Å²) in [7, 11) is 1.53. The molecule has 1 fully saturated rings. The Morgan fingerprint density at radius 1 is 1.33 bits per heavy atom. The van der Waals surface area contributed by atoms with E-state index in [9.17, 15) is 18.0 Å². The SMILES string of the molecule is COc1ccc(CC[C@H](N2CCC(=O)N2)C(F)(F)F)cc1. The van der Waals surface area contributed by atoms with Crippen LogP contribution in [0, 0.1) is 0 Å². The highest BCUT2D eigenvalue weighted by atomic mass is 19.4. The molecule has 1 aromatic rings. The molecule has 4 nitrogen and oxygen atoms in total. The fourth-order valence-electron chi connectivity index (χ4n) is 2.32. The van der Waals surface area contributed by atoms with E-state index >= 15 is 0 Å². The first-order valence-electron chi connectivity index (χ1n) is 6.66. The van der Waals surface area contributed by atoms with Gasteiger partial charge in [-0.2, -0.15) is 13.2 Å². The molecule has 1 saturated heterocycles. The van der Waals surface area contributed by atoms with Crippen molar-refractivity contribution in [1.29, 1.82) is 0 Å². The average Bonchev–Trinajstić information content (AvgIpc) is 2.84. The van der Waals surface area contributed by atoms with Crippen LogP contribution in [0.25, 0.3) is 0 Å². The molecule has 0 aromatic heterocycles. The predicted octanol–water partition coefficient (Wildman–Crippen LogP) is 2.30. The number of hydrazine groups is 1. The molecule has 1 N–H and O–H groups in total. The number of ether oxygens (including phenoxy) is 1. The third kappa shape index (κ3) is 4.10. The molecule has 7 heteroatoms. The molecule has 0 saturated carbocycles. The number of benzene rings is 1. The fraction of sp³-hybridized carbons (Fsp3) is 0.500. The van der Waals surface area contributed by atoms with Crippen LogP contribution in [0.4, 0.5) is 13.2 Å². The van der Waals surface area contributed by atoms with Gasteiger partial charge in [-0.25, -0.2) is 5.01 Å². The summed E-state index contributed by atoms with van der Waals surface area (Å²) >= 11 is 0. The summed E-state index contributed by atoms with van der Waals surface area (Å²) in [6.45, 7) is 0.0889. The van der Waals surface area contributed by atoms with Gasteiger partial charge in [0.15, 0.2) is 0 Å². The van der Waals surface area contributed by atoms with E-state index < -0.39 is 12.2 Å². The Morgan fingerprint density at radius 3 is 2.48 bits per heavy atom. The van der Waals surface area contributed by atoms with Gasteiger partial charge in [0, 0.05) is 13.0 Å². The number of carbonyl (C=O) groups is 1. The number of methoxy groups -OCH3 is 1. The smallest absolute Gasteiger partial charge is 0.405 e. The Kier molecular flexibility index (Phi) is 4.72. The molecule has 1 amide bonds.